The van der Waals surface area contributed by atoms with Crippen molar-refractivity contribution >= 4 is 11.9 Å². The van der Waals surface area contributed by atoms with Crippen molar-refractivity contribution in [2.75, 3.05) is 6.61 Å². The summed E-state index contributed by atoms with van der Waals surface area (Å²) in [4.78, 5) is 22.3. The van der Waals surface area contributed by atoms with E-state index in [4.69, 9.17) is 14.9 Å². The normalized spacial score (nSPS) is 28.0. The fourth-order valence-corrected chi connectivity index (χ4v) is 1.90. The summed E-state index contributed by atoms with van der Waals surface area (Å²) >= 11 is 0. The van der Waals surface area contributed by atoms with Crippen LogP contribution in [0.3, 0.4) is 0 Å². The van der Waals surface area contributed by atoms with Gasteiger partial charge in [-0.15, -0.1) is 0 Å². The van der Waals surface area contributed by atoms with Crippen molar-refractivity contribution < 1.29 is 39.9 Å². The zero-order valence-electron chi connectivity index (χ0n) is 11.3. The second-order valence-corrected chi connectivity index (χ2v) is 4.60. The molecule has 4 unspecified atom stereocenters. The highest BCUT2D eigenvalue weighted by Crippen LogP contribution is 2.23. The molecule has 1 amide bonds. The van der Waals surface area contributed by atoms with Crippen LogP contribution in [-0.2, 0) is 14.3 Å². The summed E-state index contributed by atoms with van der Waals surface area (Å²) in [5.41, 5.74) is 0. The highest BCUT2D eigenvalue weighted by molar-refractivity contribution is 5.84. The number of aliphatic hydroxyl groups is 4. The lowest BCUT2D eigenvalue weighted by Gasteiger charge is -2.38. The van der Waals surface area contributed by atoms with Crippen LogP contribution < -0.4 is 5.32 Å². The summed E-state index contributed by atoms with van der Waals surface area (Å²) in [5, 5.41) is 49.4. The van der Waals surface area contributed by atoms with E-state index in [0.29, 0.717) is 0 Å². The second kappa shape index (κ2) is 7.36. The number of aliphatic carboxylic acids is 1. The molecule has 0 spiro atoms. The number of ether oxygens (including phenoxy) is 1. The maximum Gasteiger partial charge on any atom is 0.370 e. The standard InChI is InChI=1S/C12H19NO8/c1-2-8(17)13-9-5(15)3-7(12(19)20)21-11(9)10(18)6(16)4-14/h3,5-6,9-11,14-16,18H,2,4H2,1H3,(H,13,17)(H,19,20)/t5-,6?,9?,10?,11?/m1/s1. The molecule has 9 nitrogen and oxygen atoms in total. The Hall–Kier alpha value is -1.68. The third-order valence-corrected chi connectivity index (χ3v) is 3.08. The predicted octanol–water partition coefficient (Wildman–Crippen LogP) is -2.68. The van der Waals surface area contributed by atoms with Crippen molar-refractivity contribution in [1.29, 1.82) is 0 Å². The van der Waals surface area contributed by atoms with E-state index in [0.717, 1.165) is 6.08 Å². The van der Waals surface area contributed by atoms with Crippen LogP contribution in [0.15, 0.2) is 11.8 Å². The van der Waals surface area contributed by atoms with Crippen LogP contribution in [0.1, 0.15) is 13.3 Å². The van der Waals surface area contributed by atoms with Crippen LogP contribution >= 0.6 is 0 Å². The van der Waals surface area contributed by atoms with Gasteiger partial charge in [0.25, 0.3) is 0 Å². The van der Waals surface area contributed by atoms with Crippen molar-refractivity contribution in [3.8, 4) is 0 Å². The van der Waals surface area contributed by atoms with Crippen LogP contribution in [0.2, 0.25) is 0 Å². The average Bonchev–Trinajstić information content (AvgIpc) is 2.46. The van der Waals surface area contributed by atoms with Gasteiger partial charge in [0.15, 0.2) is 6.10 Å². The lowest BCUT2D eigenvalue weighted by molar-refractivity contribution is -0.149. The van der Waals surface area contributed by atoms with Gasteiger partial charge in [-0.3, -0.25) is 4.79 Å². The number of carbonyl (C=O) groups is 2. The maximum absolute atomic E-state index is 11.4. The minimum Gasteiger partial charge on any atom is -0.478 e. The summed E-state index contributed by atoms with van der Waals surface area (Å²) in [5.74, 6) is -2.53. The van der Waals surface area contributed by atoms with E-state index in [2.05, 4.69) is 5.32 Å². The second-order valence-electron chi connectivity index (χ2n) is 4.60. The smallest absolute Gasteiger partial charge is 0.370 e. The molecule has 5 atom stereocenters. The third kappa shape index (κ3) is 4.14. The number of carbonyl (C=O) groups excluding carboxylic acids is 1. The van der Waals surface area contributed by atoms with Crippen LogP contribution in [-0.4, -0.2) is 74.5 Å². The van der Waals surface area contributed by atoms with E-state index >= 15 is 0 Å². The van der Waals surface area contributed by atoms with Crippen LogP contribution in [0.5, 0.6) is 0 Å². The van der Waals surface area contributed by atoms with Crippen molar-refractivity contribution in [2.45, 2.75) is 43.8 Å². The number of nitrogens with one attached hydrogen (secondary N) is 1. The number of hydrogen-bond acceptors (Lipinski definition) is 7. The third-order valence-electron chi connectivity index (χ3n) is 3.08. The first-order valence-electron chi connectivity index (χ1n) is 6.38. The number of carboxylic acid groups (broad SMARTS) is 1. The molecular weight excluding hydrogens is 286 g/mol. The Morgan fingerprint density at radius 1 is 1.43 bits per heavy atom. The Bertz CT molecular complexity index is 423. The summed E-state index contributed by atoms with van der Waals surface area (Å²) in [6.45, 7) is 0.773. The van der Waals surface area contributed by atoms with Gasteiger partial charge in [0, 0.05) is 6.42 Å². The lowest BCUT2D eigenvalue weighted by atomic mass is 9.93. The molecule has 0 saturated carbocycles. The SMILES string of the molecule is CCC(=O)NC1C(C(O)C(O)CO)OC(C(=O)O)=C[C@H]1O. The van der Waals surface area contributed by atoms with E-state index in [1.54, 1.807) is 6.92 Å². The summed E-state index contributed by atoms with van der Waals surface area (Å²) in [6, 6.07) is -1.16. The number of rotatable bonds is 6. The van der Waals surface area contributed by atoms with Crippen molar-refractivity contribution in [3.05, 3.63) is 11.8 Å². The molecule has 0 radical (unpaired) electrons. The summed E-state index contributed by atoms with van der Waals surface area (Å²) in [7, 11) is 0. The summed E-state index contributed by atoms with van der Waals surface area (Å²) < 4.78 is 5.03. The molecule has 21 heavy (non-hydrogen) atoms. The highest BCUT2D eigenvalue weighted by atomic mass is 16.5. The van der Waals surface area contributed by atoms with E-state index in [9.17, 15) is 24.9 Å². The number of amides is 1. The van der Waals surface area contributed by atoms with Crippen LogP contribution in [0, 0.1) is 0 Å². The minimum atomic E-state index is -1.70. The lowest BCUT2D eigenvalue weighted by Crippen LogP contribution is -2.60. The molecule has 1 rings (SSSR count). The van der Waals surface area contributed by atoms with E-state index < -0.39 is 54.7 Å². The van der Waals surface area contributed by atoms with Crippen molar-refractivity contribution in [2.24, 2.45) is 0 Å². The van der Waals surface area contributed by atoms with Gasteiger partial charge in [-0.05, 0) is 6.08 Å². The van der Waals surface area contributed by atoms with Gasteiger partial charge in [0.1, 0.15) is 18.3 Å². The summed E-state index contributed by atoms with van der Waals surface area (Å²) in [6.07, 6.45) is -5.17. The molecule has 6 N–H and O–H groups in total. The van der Waals surface area contributed by atoms with Crippen molar-refractivity contribution in [1.82, 2.24) is 5.32 Å². The quantitative estimate of drug-likeness (QED) is 0.310. The Morgan fingerprint density at radius 2 is 2.05 bits per heavy atom. The molecule has 1 heterocycles. The predicted molar refractivity (Wildman–Crippen MR) is 67.9 cm³/mol. The van der Waals surface area contributed by atoms with Gasteiger partial charge in [-0.25, -0.2) is 4.79 Å². The fourth-order valence-electron chi connectivity index (χ4n) is 1.90. The fraction of sp³-hybridized carbons (Fsp3) is 0.667. The van der Waals surface area contributed by atoms with Gasteiger partial charge < -0.3 is 35.6 Å². The Labute approximate surface area is 120 Å². The van der Waals surface area contributed by atoms with E-state index in [1.807, 2.05) is 0 Å². The van der Waals surface area contributed by atoms with Crippen LogP contribution in [0.4, 0.5) is 0 Å². The molecule has 1 aliphatic heterocycles. The van der Waals surface area contributed by atoms with Gasteiger partial charge >= 0.3 is 5.97 Å². The van der Waals surface area contributed by atoms with E-state index in [-0.39, 0.29) is 6.42 Å². The van der Waals surface area contributed by atoms with Crippen molar-refractivity contribution in [3.63, 3.8) is 0 Å². The molecule has 0 saturated heterocycles. The Kier molecular flexibility index (Phi) is 6.09. The highest BCUT2D eigenvalue weighted by Gasteiger charge is 2.43. The first-order chi connectivity index (χ1) is 9.81. The zero-order chi connectivity index (χ0) is 16.2. The number of aliphatic hydroxyl groups excluding tert-OH is 4. The molecule has 0 bridgehead atoms. The first kappa shape index (κ1) is 17.4. The molecule has 0 aromatic carbocycles. The van der Waals surface area contributed by atoms with Gasteiger partial charge in [0.2, 0.25) is 11.7 Å². The Balaban J connectivity index is 3.04. The minimum absolute atomic E-state index is 0.101. The molecular formula is C12H19NO8. The monoisotopic (exact) mass is 305 g/mol. The maximum atomic E-state index is 11.4. The molecule has 0 aromatic heterocycles. The molecule has 120 valence electrons. The van der Waals surface area contributed by atoms with E-state index in [1.165, 1.54) is 0 Å². The topological polar surface area (TPSA) is 157 Å². The molecule has 0 aromatic rings. The molecule has 9 heteroatoms. The van der Waals surface area contributed by atoms with Gasteiger partial charge in [-0.2, -0.15) is 0 Å². The Morgan fingerprint density at radius 3 is 2.52 bits per heavy atom. The van der Waals surface area contributed by atoms with Gasteiger partial charge in [-0.1, -0.05) is 6.92 Å². The average molecular weight is 305 g/mol. The first-order valence-corrected chi connectivity index (χ1v) is 6.38. The largest absolute Gasteiger partial charge is 0.478 e. The molecule has 1 aliphatic rings. The van der Waals surface area contributed by atoms with Gasteiger partial charge in [0.05, 0.1) is 12.6 Å². The number of carboxylic acids is 1. The number of hydrogen-bond donors (Lipinski definition) is 6. The molecule has 0 aliphatic carbocycles. The molecule has 0 fully saturated rings. The zero-order valence-corrected chi connectivity index (χ0v) is 11.3. The van der Waals surface area contributed by atoms with Crippen LogP contribution in [0.25, 0.3) is 0 Å².